The van der Waals surface area contributed by atoms with Crippen molar-refractivity contribution < 1.29 is 9.13 Å². The van der Waals surface area contributed by atoms with Crippen molar-refractivity contribution in [1.29, 1.82) is 0 Å². The van der Waals surface area contributed by atoms with Crippen molar-refractivity contribution >= 4 is 34.6 Å². The molecule has 0 unspecified atom stereocenters. The molecule has 5 aromatic rings. The van der Waals surface area contributed by atoms with Crippen LogP contribution >= 0.6 is 0 Å². The molecule has 4 aromatic carbocycles. The second kappa shape index (κ2) is 10.9. The van der Waals surface area contributed by atoms with Crippen LogP contribution in [0.2, 0.25) is 0 Å². The average molecular weight is 598 g/mol. The number of amidine groups is 2. The Morgan fingerprint density at radius 2 is 1.47 bits per heavy atom. The number of nitrogens with zero attached hydrogens (tertiary/aromatic N) is 7. The predicted molar refractivity (Wildman–Crippen MR) is 176 cm³/mol. The Bertz CT molecular complexity index is 1940. The summed E-state index contributed by atoms with van der Waals surface area (Å²) in [5.41, 5.74) is 6.91. The standard InChI is InChI=1S/C36H32FN7O/c1-24-32-33(25-9-8-12-29(23-25)45-2)43-31-14-7-6-13-30(31)38-35(36(43)39-34(32)44(40-24)28-10-4-3-5-11-28)42-21-19-41(20-22-42)27-17-15-26(37)16-18-27/h3-18,23,33H,19-22H2,1-2H3/t33-/m0/s1. The van der Waals surface area contributed by atoms with Crippen LogP contribution in [-0.4, -0.2) is 59.6 Å². The number of rotatable bonds is 4. The lowest BCUT2D eigenvalue weighted by Gasteiger charge is -2.44. The van der Waals surface area contributed by atoms with Crippen LogP contribution < -0.4 is 14.5 Å². The number of aliphatic imine (C=N–C) groups is 2. The molecule has 1 saturated heterocycles. The van der Waals surface area contributed by atoms with Crippen LogP contribution in [0.4, 0.5) is 27.3 Å². The molecule has 8 rings (SSSR count). The van der Waals surface area contributed by atoms with E-state index in [2.05, 4.69) is 64.1 Å². The minimum atomic E-state index is -0.224. The van der Waals surface area contributed by atoms with Gasteiger partial charge < -0.3 is 19.4 Å². The molecule has 0 bridgehead atoms. The van der Waals surface area contributed by atoms with Gasteiger partial charge >= 0.3 is 0 Å². The van der Waals surface area contributed by atoms with E-state index in [-0.39, 0.29) is 11.9 Å². The predicted octanol–water partition coefficient (Wildman–Crippen LogP) is 6.83. The lowest BCUT2D eigenvalue weighted by Crippen LogP contribution is -2.55. The molecule has 3 aliphatic rings. The Balaban J connectivity index is 1.28. The minimum absolute atomic E-state index is 0.216. The molecular weight excluding hydrogens is 565 g/mol. The number of hydrogen-bond acceptors (Lipinski definition) is 7. The van der Waals surface area contributed by atoms with Crippen molar-refractivity contribution in [3.63, 3.8) is 0 Å². The fourth-order valence-electron chi connectivity index (χ4n) is 6.61. The Labute approximate surface area is 261 Å². The summed E-state index contributed by atoms with van der Waals surface area (Å²) >= 11 is 0. The summed E-state index contributed by atoms with van der Waals surface area (Å²) in [6, 6.07) is 33.2. The van der Waals surface area contributed by atoms with Gasteiger partial charge in [-0.05, 0) is 73.2 Å². The van der Waals surface area contributed by atoms with Gasteiger partial charge in [-0.25, -0.2) is 19.1 Å². The molecule has 9 heteroatoms. The van der Waals surface area contributed by atoms with Gasteiger partial charge in [0.05, 0.1) is 35.9 Å². The molecule has 0 spiro atoms. The number of aryl methyl sites for hydroxylation is 1. The highest BCUT2D eigenvalue weighted by Gasteiger charge is 2.43. The molecule has 1 atom stereocenters. The monoisotopic (exact) mass is 597 g/mol. The van der Waals surface area contributed by atoms with Gasteiger partial charge in [0.2, 0.25) is 0 Å². The van der Waals surface area contributed by atoms with Gasteiger partial charge in [-0.1, -0.05) is 42.5 Å². The molecule has 0 saturated carbocycles. The maximum atomic E-state index is 13.6. The van der Waals surface area contributed by atoms with Crippen LogP contribution in [0.3, 0.4) is 0 Å². The molecular formula is C36H32FN7O. The number of piperazine rings is 1. The summed E-state index contributed by atoms with van der Waals surface area (Å²) in [7, 11) is 1.70. The van der Waals surface area contributed by atoms with Crippen LogP contribution in [0.1, 0.15) is 22.9 Å². The Morgan fingerprint density at radius 1 is 0.733 bits per heavy atom. The molecule has 45 heavy (non-hydrogen) atoms. The van der Waals surface area contributed by atoms with Crippen molar-refractivity contribution in [2.24, 2.45) is 9.98 Å². The number of benzene rings is 4. The van der Waals surface area contributed by atoms with E-state index in [0.29, 0.717) is 0 Å². The van der Waals surface area contributed by atoms with Gasteiger partial charge in [0.1, 0.15) is 11.6 Å². The fourth-order valence-corrected chi connectivity index (χ4v) is 6.61. The molecule has 0 N–H and O–H groups in total. The third-order valence-electron chi connectivity index (χ3n) is 8.80. The van der Waals surface area contributed by atoms with Crippen LogP contribution in [0.25, 0.3) is 5.69 Å². The van der Waals surface area contributed by atoms with Gasteiger partial charge in [-0.2, -0.15) is 5.10 Å². The van der Waals surface area contributed by atoms with Gasteiger partial charge in [-0.15, -0.1) is 0 Å². The topological polar surface area (TPSA) is 61.5 Å². The van der Waals surface area contributed by atoms with Gasteiger partial charge in [0.25, 0.3) is 0 Å². The van der Waals surface area contributed by atoms with E-state index in [1.54, 1.807) is 7.11 Å². The number of anilines is 2. The van der Waals surface area contributed by atoms with Crippen molar-refractivity contribution in [2.45, 2.75) is 13.0 Å². The van der Waals surface area contributed by atoms with E-state index in [4.69, 9.17) is 19.8 Å². The van der Waals surface area contributed by atoms with Crippen molar-refractivity contribution in [2.75, 3.05) is 43.1 Å². The first-order valence-electron chi connectivity index (χ1n) is 15.2. The smallest absolute Gasteiger partial charge is 0.179 e. The molecule has 1 fully saturated rings. The second-order valence-electron chi connectivity index (χ2n) is 11.4. The Kier molecular flexibility index (Phi) is 6.59. The van der Waals surface area contributed by atoms with E-state index in [0.717, 1.165) is 89.0 Å². The lowest BCUT2D eigenvalue weighted by atomic mass is 9.93. The third kappa shape index (κ3) is 4.63. The largest absolute Gasteiger partial charge is 0.497 e. The van der Waals surface area contributed by atoms with E-state index >= 15 is 0 Å². The van der Waals surface area contributed by atoms with Crippen LogP contribution in [0.15, 0.2) is 113 Å². The minimum Gasteiger partial charge on any atom is -0.497 e. The summed E-state index contributed by atoms with van der Waals surface area (Å²) in [5, 5.41) is 5.05. The van der Waals surface area contributed by atoms with Crippen molar-refractivity contribution in [3.05, 3.63) is 126 Å². The molecule has 3 aliphatic heterocycles. The maximum absolute atomic E-state index is 13.6. The molecule has 0 radical (unpaired) electrons. The Morgan fingerprint density at radius 3 is 2.24 bits per heavy atom. The molecule has 4 heterocycles. The first-order valence-corrected chi connectivity index (χ1v) is 15.2. The summed E-state index contributed by atoms with van der Waals surface area (Å²) < 4.78 is 21.2. The Hall–Kier alpha value is -5.44. The lowest BCUT2D eigenvalue weighted by molar-refractivity contribution is 0.389. The number of aromatic nitrogens is 2. The summed E-state index contributed by atoms with van der Waals surface area (Å²) in [4.78, 5) is 17.6. The SMILES string of the molecule is COc1cccc([C@H]2c3c(C)nn(-c4ccccc4)c3N=C3C(N4CCN(c5ccc(F)cc5)CC4)=Nc4ccccc4N32)c1. The van der Waals surface area contributed by atoms with Gasteiger partial charge in [0.15, 0.2) is 17.5 Å². The number of ether oxygens (including phenoxy) is 1. The normalized spacial score (nSPS) is 17.2. The zero-order valence-electron chi connectivity index (χ0n) is 25.1. The number of fused-ring (bicyclic) bond motifs is 4. The number of methoxy groups -OCH3 is 1. The maximum Gasteiger partial charge on any atom is 0.179 e. The van der Waals surface area contributed by atoms with E-state index in [1.165, 1.54) is 12.1 Å². The summed E-state index contributed by atoms with van der Waals surface area (Å²) in [6.45, 7) is 5.12. The molecule has 0 amide bonds. The summed E-state index contributed by atoms with van der Waals surface area (Å²) in [6.07, 6.45) is 0. The molecule has 8 nitrogen and oxygen atoms in total. The quantitative estimate of drug-likeness (QED) is 0.227. The van der Waals surface area contributed by atoms with Gasteiger partial charge in [0, 0.05) is 37.4 Å². The van der Waals surface area contributed by atoms with E-state index in [9.17, 15) is 4.39 Å². The zero-order chi connectivity index (χ0) is 30.5. The van der Waals surface area contributed by atoms with Crippen LogP contribution in [0, 0.1) is 12.7 Å². The van der Waals surface area contributed by atoms with Crippen molar-refractivity contribution in [3.8, 4) is 11.4 Å². The first-order chi connectivity index (χ1) is 22.1. The number of halogens is 1. The second-order valence-corrected chi connectivity index (χ2v) is 11.4. The van der Waals surface area contributed by atoms with Crippen LogP contribution in [0.5, 0.6) is 5.75 Å². The highest BCUT2D eigenvalue weighted by molar-refractivity contribution is 6.48. The fraction of sp³-hybridized carbons (Fsp3) is 0.194. The van der Waals surface area contributed by atoms with Crippen molar-refractivity contribution in [1.82, 2.24) is 14.7 Å². The van der Waals surface area contributed by atoms with E-state index < -0.39 is 0 Å². The first kappa shape index (κ1) is 27.1. The van der Waals surface area contributed by atoms with E-state index in [1.807, 2.05) is 53.2 Å². The highest BCUT2D eigenvalue weighted by atomic mass is 19.1. The highest BCUT2D eigenvalue weighted by Crippen LogP contribution is 2.48. The molecule has 0 aliphatic carbocycles. The summed E-state index contributed by atoms with van der Waals surface area (Å²) in [5.74, 6) is 3.00. The number of hydrogen-bond donors (Lipinski definition) is 0. The molecule has 224 valence electrons. The molecule has 1 aromatic heterocycles. The third-order valence-corrected chi connectivity index (χ3v) is 8.80. The van der Waals surface area contributed by atoms with Crippen LogP contribution in [-0.2, 0) is 0 Å². The average Bonchev–Trinajstić information content (AvgIpc) is 3.43. The number of para-hydroxylation sites is 3. The van der Waals surface area contributed by atoms with Gasteiger partial charge in [-0.3, -0.25) is 0 Å². The zero-order valence-corrected chi connectivity index (χ0v) is 25.1.